The molecule has 2 rings (SSSR count). The number of carbonyl (C=O) groups excluding carboxylic acids is 1. The number of benzene rings is 2. The van der Waals surface area contributed by atoms with Gasteiger partial charge in [0.15, 0.2) is 0 Å². The van der Waals surface area contributed by atoms with Crippen molar-refractivity contribution in [2.24, 2.45) is 0 Å². The zero-order valence-corrected chi connectivity index (χ0v) is 15.7. The van der Waals surface area contributed by atoms with Crippen LogP contribution in [0, 0.1) is 6.92 Å². The number of nitrogens with one attached hydrogen (secondary N) is 1. The molecule has 0 saturated carbocycles. The average molecular weight is 395 g/mol. The molecule has 7 nitrogen and oxygen atoms in total. The smallest absolute Gasteiger partial charge is 0.338 e. The van der Waals surface area contributed by atoms with E-state index in [1.807, 2.05) is 0 Å². The Morgan fingerprint density at radius 1 is 0.885 bits per heavy atom. The third kappa shape index (κ3) is 4.78. The Balaban J connectivity index is 2.23. The Kier molecular flexibility index (Phi) is 5.65. The summed E-state index contributed by atoms with van der Waals surface area (Å²) in [6.45, 7) is 6.69. The van der Waals surface area contributed by atoms with Crippen LogP contribution in [0.1, 0.15) is 12.5 Å². The van der Waals surface area contributed by atoms with Crippen LogP contribution in [-0.2, 0) is 24.8 Å². The van der Waals surface area contributed by atoms with Gasteiger partial charge < -0.3 is 4.74 Å². The van der Waals surface area contributed by atoms with Crippen LogP contribution in [-0.4, -0.2) is 22.8 Å². The van der Waals surface area contributed by atoms with Gasteiger partial charge in [0, 0.05) is 5.57 Å². The molecular weight excluding hydrogens is 378 g/mol. The molecule has 138 valence electrons. The van der Waals surface area contributed by atoms with Crippen LogP contribution in [0.5, 0.6) is 5.75 Å². The quantitative estimate of drug-likeness (QED) is 0.456. The van der Waals surface area contributed by atoms with Crippen molar-refractivity contribution in [3.05, 3.63) is 66.2 Å². The molecule has 0 aromatic heterocycles. The number of ether oxygens (including phenoxy) is 1. The molecule has 0 aliphatic carbocycles. The Morgan fingerprint density at radius 2 is 1.31 bits per heavy atom. The minimum atomic E-state index is -4.33. The molecule has 0 spiro atoms. The van der Waals surface area contributed by atoms with E-state index in [1.54, 1.807) is 23.2 Å². The molecule has 0 radical (unpaired) electrons. The van der Waals surface area contributed by atoms with E-state index < -0.39 is 26.0 Å². The molecule has 0 bridgehead atoms. The minimum absolute atomic E-state index is 0.110. The van der Waals surface area contributed by atoms with E-state index in [-0.39, 0.29) is 21.1 Å². The predicted octanol–water partition coefficient (Wildman–Crippen LogP) is 2.14. The summed E-state index contributed by atoms with van der Waals surface area (Å²) in [7, 11) is -8.59. The summed E-state index contributed by atoms with van der Waals surface area (Å²) in [6.07, 6.45) is 0. The first-order chi connectivity index (χ1) is 12.0. The SMILES string of the molecule is C=C(C)C(=O)Oc1ccc(S(=O)(=O)NS(=O)(=O)c2ccc(C)cc2)cc1. The largest absolute Gasteiger partial charge is 0.423 e. The zero-order valence-electron chi connectivity index (χ0n) is 14.1. The van der Waals surface area contributed by atoms with Crippen LogP contribution in [0.4, 0.5) is 0 Å². The monoisotopic (exact) mass is 395 g/mol. The van der Waals surface area contributed by atoms with Crippen LogP contribution >= 0.6 is 0 Å². The van der Waals surface area contributed by atoms with E-state index in [0.717, 1.165) is 17.7 Å². The van der Waals surface area contributed by atoms with E-state index in [1.165, 1.54) is 31.2 Å². The predicted molar refractivity (Wildman–Crippen MR) is 95.6 cm³/mol. The van der Waals surface area contributed by atoms with Gasteiger partial charge >= 0.3 is 5.97 Å². The highest BCUT2D eigenvalue weighted by Gasteiger charge is 2.24. The first kappa shape index (κ1) is 19.8. The Morgan fingerprint density at radius 3 is 1.73 bits per heavy atom. The van der Waals surface area contributed by atoms with E-state index in [0.29, 0.717) is 0 Å². The lowest BCUT2D eigenvalue weighted by Crippen LogP contribution is -2.30. The first-order valence-electron chi connectivity index (χ1n) is 7.34. The highest BCUT2D eigenvalue weighted by Crippen LogP contribution is 2.19. The summed E-state index contributed by atoms with van der Waals surface area (Å²) < 4.78 is 55.8. The molecule has 0 atom stereocenters. The number of esters is 1. The average Bonchev–Trinajstić information content (AvgIpc) is 2.54. The molecule has 0 fully saturated rings. The molecular formula is C17H17NO6S2. The van der Waals surface area contributed by atoms with Crippen LogP contribution < -0.4 is 8.86 Å². The van der Waals surface area contributed by atoms with Gasteiger partial charge in [-0.05, 0) is 50.2 Å². The standard InChI is InChI=1S/C17H17NO6S2/c1-12(2)17(19)24-14-6-10-16(11-7-14)26(22,23)18-25(20,21)15-8-4-13(3)5-9-15/h4-11,18H,1H2,2-3H3. The second-order valence-electron chi connectivity index (χ2n) is 5.54. The van der Waals surface area contributed by atoms with Crippen molar-refractivity contribution in [1.82, 2.24) is 4.13 Å². The fourth-order valence-electron chi connectivity index (χ4n) is 1.84. The van der Waals surface area contributed by atoms with Gasteiger partial charge in [0.25, 0.3) is 20.0 Å². The Labute approximate surface area is 152 Å². The van der Waals surface area contributed by atoms with Gasteiger partial charge in [-0.15, -0.1) is 4.13 Å². The maximum atomic E-state index is 12.3. The first-order valence-corrected chi connectivity index (χ1v) is 10.3. The fourth-order valence-corrected chi connectivity index (χ4v) is 4.75. The highest BCUT2D eigenvalue weighted by atomic mass is 32.3. The van der Waals surface area contributed by atoms with E-state index in [9.17, 15) is 21.6 Å². The summed E-state index contributed by atoms with van der Waals surface area (Å²) >= 11 is 0. The molecule has 0 aliphatic heterocycles. The van der Waals surface area contributed by atoms with Gasteiger partial charge in [0.1, 0.15) is 5.75 Å². The van der Waals surface area contributed by atoms with Crippen LogP contribution in [0.25, 0.3) is 0 Å². The van der Waals surface area contributed by atoms with Crippen LogP contribution in [0.15, 0.2) is 70.5 Å². The number of rotatable bonds is 6. The zero-order chi connectivity index (χ0) is 19.5. The molecule has 2 aromatic rings. The molecule has 1 N–H and O–H groups in total. The van der Waals surface area contributed by atoms with Crippen LogP contribution in [0.3, 0.4) is 0 Å². The van der Waals surface area contributed by atoms with Crippen molar-refractivity contribution < 1.29 is 26.4 Å². The Hall–Kier alpha value is -2.49. The Bertz CT molecular complexity index is 1040. The van der Waals surface area contributed by atoms with E-state index in [2.05, 4.69) is 6.58 Å². The van der Waals surface area contributed by atoms with Crippen molar-refractivity contribution >= 4 is 26.0 Å². The molecule has 0 unspecified atom stereocenters. The summed E-state index contributed by atoms with van der Waals surface area (Å²) in [5.41, 5.74) is 1.03. The normalized spacial score (nSPS) is 11.8. The number of hydrogen-bond donors (Lipinski definition) is 1. The van der Waals surface area contributed by atoms with Crippen molar-refractivity contribution in [1.29, 1.82) is 0 Å². The maximum Gasteiger partial charge on any atom is 0.338 e. The summed E-state index contributed by atoms with van der Waals surface area (Å²) in [5, 5.41) is 0. The molecule has 0 aliphatic rings. The lowest BCUT2D eigenvalue weighted by Gasteiger charge is -2.09. The molecule has 0 saturated heterocycles. The third-order valence-electron chi connectivity index (χ3n) is 3.24. The number of sulfonamides is 2. The van der Waals surface area contributed by atoms with Gasteiger partial charge in [0.2, 0.25) is 0 Å². The molecule has 2 aromatic carbocycles. The molecule has 0 amide bonds. The minimum Gasteiger partial charge on any atom is -0.423 e. The van der Waals surface area contributed by atoms with Crippen molar-refractivity contribution in [2.45, 2.75) is 23.6 Å². The van der Waals surface area contributed by atoms with Crippen LogP contribution in [0.2, 0.25) is 0 Å². The topological polar surface area (TPSA) is 107 Å². The van der Waals surface area contributed by atoms with E-state index >= 15 is 0 Å². The highest BCUT2D eigenvalue weighted by molar-refractivity contribution is 8.04. The second kappa shape index (κ2) is 7.40. The van der Waals surface area contributed by atoms with Gasteiger partial charge in [-0.25, -0.2) is 21.6 Å². The lowest BCUT2D eigenvalue weighted by atomic mass is 10.2. The lowest BCUT2D eigenvalue weighted by molar-refractivity contribution is -0.130. The molecule has 0 heterocycles. The summed E-state index contributed by atoms with van der Waals surface area (Å²) in [5.74, 6) is -0.543. The molecule has 9 heteroatoms. The van der Waals surface area contributed by atoms with Gasteiger partial charge in [-0.2, -0.15) is 0 Å². The van der Waals surface area contributed by atoms with Gasteiger partial charge in [-0.1, -0.05) is 24.3 Å². The number of carbonyl (C=O) groups is 1. The van der Waals surface area contributed by atoms with Crippen molar-refractivity contribution in [3.8, 4) is 5.75 Å². The summed E-state index contributed by atoms with van der Waals surface area (Å²) in [4.78, 5) is 11.0. The van der Waals surface area contributed by atoms with Crippen molar-refractivity contribution in [2.75, 3.05) is 0 Å². The van der Waals surface area contributed by atoms with Gasteiger partial charge in [-0.3, -0.25) is 0 Å². The van der Waals surface area contributed by atoms with Crippen molar-refractivity contribution in [3.63, 3.8) is 0 Å². The number of hydrogen-bond acceptors (Lipinski definition) is 6. The third-order valence-corrected chi connectivity index (χ3v) is 6.78. The molecule has 26 heavy (non-hydrogen) atoms. The van der Waals surface area contributed by atoms with Gasteiger partial charge in [0.05, 0.1) is 9.79 Å². The fraction of sp³-hybridized carbons (Fsp3) is 0.118. The second-order valence-corrected chi connectivity index (χ2v) is 9.17. The number of aryl methyl sites for hydroxylation is 1. The summed E-state index contributed by atoms with van der Waals surface area (Å²) in [6, 6.07) is 10.5. The maximum absolute atomic E-state index is 12.3. The van der Waals surface area contributed by atoms with E-state index in [4.69, 9.17) is 4.74 Å².